The van der Waals surface area contributed by atoms with Crippen molar-refractivity contribution in [2.75, 3.05) is 39.4 Å². The van der Waals surface area contributed by atoms with Crippen molar-refractivity contribution in [2.24, 2.45) is 5.92 Å². The third-order valence-corrected chi connectivity index (χ3v) is 4.51. The van der Waals surface area contributed by atoms with Gasteiger partial charge in [-0.2, -0.15) is 0 Å². The van der Waals surface area contributed by atoms with Crippen molar-refractivity contribution in [2.45, 2.75) is 26.2 Å². The van der Waals surface area contributed by atoms with Crippen molar-refractivity contribution >= 4 is 11.8 Å². The summed E-state index contributed by atoms with van der Waals surface area (Å²) >= 11 is 0. The van der Waals surface area contributed by atoms with Crippen LogP contribution in [0.3, 0.4) is 0 Å². The van der Waals surface area contributed by atoms with E-state index >= 15 is 0 Å². The highest BCUT2D eigenvalue weighted by Crippen LogP contribution is 2.20. The van der Waals surface area contributed by atoms with Crippen molar-refractivity contribution in [3.05, 3.63) is 11.4 Å². The highest BCUT2D eigenvalue weighted by molar-refractivity contribution is 5.82. The third kappa shape index (κ3) is 3.69. The van der Waals surface area contributed by atoms with Gasteiger partial charge < -0.3 is 14.5 Å². The summed E-state index contributed by atoms with van der Waals surface area (Å²) in [6.45, 7) is 5.43. The van der Waals surface area contributed by atoms with E-state index in [1.807, 2.05) is 4.90 Å². The van der Waals surface area contributed by atoms with Gasteiger partial charge in [-0.05, 0) is 19.8 Å². The van der Waals surface area contributed by atoms with Crippen LogP contribution in [-0.4, -0.2) is 71.3 Å². The molecule has 0 saturated carbocycles. The van der Waals surface area contributed by atoms with Gasteiger partial charge in [-0.25, -0.2) is 4.63 Å². The summed E-state index contributed by atoms with van der Waals surface area (Å²) in [7, 11) is 0. The highest BCUT2D eigenvalue weighted by Gasteiger charge is 2.32. The molecule has 0 spiro atoms. The van der Waals surface area contributed by atoms with Crippen molar-refractivity contribution in [1.82, 2.24) is 20.1 Å². The lowest BCUT2D eigenvalue weighted by Gasteiger charge is -2.36. The first-order valence-electron chi connectivity index (χ1n) is 8.07. The zero-order valence-electron chi connectivity index (χ0n) is 13.4. The number of hydrogen-bond donors (Lipinski definition) is 0. The molecule has 0 unspecified atom stereocenters. The fraction of sp³-hybridized carbons (Fsp3) is 0.733. The maximum absolute atomic E-state index is 12.6. The molecular weight excluding hydrogens is 300 g/mol. The Morgan fingerprint density at radius 3 is 2.65 bits per heavy atom. The van der Waals surface area contributed by atoms with Crippen molar-refractivity contribution in [3.8, 4) is 0 Å². The van der Waals surface area contributed by atoms with E-state index in [0.29, 0.717) is 50.8 Å². The van der Waals surface area contributed by atoms with Crippen LogP contribution < -0.4 is 0 Å². The molecule has 8 heteroatoms. The largest absolute Gasteiger partial charge is 0.378 e. The Morgan fingerprint density at radius 1 is 1.17 bits per heavy atom. The monoisotopic (exact) mass is 322 g/mol. The molecule has 1 aromatic rings. The molecule has 0 aromatic carbocycles. The number of aryl methyl sites for hydroxylation is 1. The Hall–Kier alpha value is -1.96. The number of nitrogens with zero attached hydrogens (tertiary/aromatic N) is 4. The summed E-state index contributed by atoms with van der Waals surface area (Å²) in [6, 6.07) is 0. The number of piperidine rings is 1. The molecule has 2 aliphatic rings. The van der Waals surface area contributed by atoms with E-state index in [9.17, 15) is 9.59 Å². The molecule has 0 bridgehead atoms. The van der Waals surface area contributed by atoms with Crippen molar-refractivity contribution < 1.29 is 19.0 Å². The average molecular weight is 322 g/mol. The van der Waals surface area contributed by atoms with E-state index in [2.05, 4.69) is 14.9 Å². The number of carbonyl (C=O) groups excluding carboxylic acids is 2. The van der Waals surface area contributed by atoms with Crippen molar-refractivity contribution in [3.63, 3.8) is 0 Å². The predicted molar refractivity (Wildman–Crippen MR) is 79.4 cm³/mol. The van der Waals surface area contributed by atoms with Gasteiger partial charge in [-0.1, -0.05) is 10.3 Å². The minimum absolute atomic E-state index is 0.0247. The minimum atomic E-state index is -0.109. The fourth-order valence-electron chi connectivity index (χ4n) is 3.11. The number of likely N-dealkylation sites (tertiary alicyclic amines) is 1. The van der Waals surface area contributed by atoms with E-state index in [1.54, 1.807) is 11.8 Å². The number of hydrogen-bond acceptors (Lipinski definition) is 6. The van der Waals surface area contributed by atoms with Crippen LogP contribution in [0.4, 0.5) is 0 Å². The van der Waals surface area contributed by atoms with Gasteiger partial charge in [0.1, 0.15) is 11.4 Å². The van der Waals surface area contributed by atoms with Gasteiger partial charge >= 0.3 is 0 Å². The maximum Gasteiger partial charge on any atom is 0.228 e. The lowest BCUT2D eigenvalue weighted by molar-refractivity contribution is -0.143. The first kappa shape index (κ1) is 15.9. The van der Waals surface area contributed by atoms with Crippen molar-refractivity contribution in [1.29, 1.82) is 0 Å². The van der Waals surface area contributed by atoms with E-state index < -0.39 is 0 Å². The number of carbonyl (C=O) groups is 2. The summed E-state index contributed by atoms with van der Waals surface area (Å²) in [5.41, 5.74) is 1.20. The molecule has 3 heterocycles. The van der Waals surface area contributed by atoms with Crippen LogP contribution in [-0.2, 0) is 20.7 Å². The third-order valence-electron chi connectivity index (χ3n) is 4.51. The Kier molecular flexibility index (Phi) is 4.90. The van der Waals surface area contributed by atoms with Gasteiger partial charge in [0.15, 0.2) is 0 Å². The predicted octanol–water partition coefficient (Wildman–Crippen LogP) is 0.0179. The molecule has 126 valence electrons. The SMILES string of the molecule is Cc1nonc1CC(=O)N1CCC[C@@H](C(=O)N2CCOCC2)C1. The van der Waals surface area contributed by atoms with Crippen LogP contribution in [0.5, 0.6) is 0 Å². The zero-order valence-corrected chi connectivity index (χ0v) is 13.4. The maximum atomic E-state index is 12.6. The topological polar surface area (TPSA) is 88.8 Å². The summed E-state index contributed by atoms with van der Waals surface area (Å²) in [6.07, 6.45) is 1.86. The smallest absolute Gasteiger partial charge is 0.228 e. The van der Waals surface area contributed by atoms with Crippen LogP contribution in [0.2, 0.25) is 0 Å². The molecule has 8 nitrogen and oxygen atoms in total. The van der Waals surface area contributed by atoms with Gasteiger partial charge in [0.05, 0.1) is 25.6 Å². The molecule has 23 heavy (non-hydrogen) atoms. The summed E-state index contributed by atoms with van der Waals surface area (Å²) < 4.78 is 9.92. The second-order valence-corrected chi connectivity index (χ2v) is 6.09. The molecule has 0 aliphatic carbocycles. The van der Waals surface area contributed by atoms with Gasteiger partial charge in [-0.15, -0.1) is 0 Å². The first-order chi connectivity index (χ1) is 11.1. The van der Waals surface area contributed by atoms with Crippen LogP contribution in [0, 0.1) is 12.8 Å². The Labute approximate surface area is 134 Å². The van der Waals surface area contributed by atoms with Crippen LogP contribution >= 0.6 is 0 Å². The molecule has 0 N–H and O–H groups in total. The molecule has 2 amide bonds. The highest BCUT2D eigenvalue weighted by atomic mass is 16.6. The molecule has 0 radical (unpaired) electrons. The molecule has 2 fully saturated rings. The minimum Gasteiger partial charge on any atom is -0.378 e. The van der Waals surface area contributed by atoms with E-state index in [4.69, 9.17) is 4.74 Å². The molecular formula is C15H22N4O4. The lowest BCUT2D eigenvalue weighted by Crippen LogP contribution is -2.49. The molecule has 3 rings (SSSR count). The van der Waals surface area contributed by atoms with Gasteiger partial charge in [-0.3, -0.25) is 9.59 Å². The van der Waals surface area contributed by atoms with E-state index in [1.165, 1.54) is 0 Å². The van der Waals surface area contributed by atoms with Gasteiger partial charge in [0.25, 0.3) is 0 Å². The molecule has 1 atom stereocenters. The quantitative estimate of drug-likeness (QED) is 0.779. The Morgan fingerprint density at radius 2 is 1.96 bits per heavy atom. The van der Waals surface area contributed by atoms with E-state index in [-0.39, 0.29) is 24.2 Å². The summed E-state index contributed by atoms with van der Waals surface area (Å²) in [5, 5.41) is 7.45. The Bertz CT molecular complexity index is 568. The fourth-order valence-corrected chi connectivity index (χ4v) is 3.11. The number of aromatic nitrogens is 2. The first-order valence-corrected chi connectivity index (χ1v) is 8.07. The molecule has 2 aliphatic heterocycles. The number of morpholine rings is 1. The summed E-state index contributed by atoms with van der Waals surface area (Å²) in [4.78, 5) is 28.6. The standard InChI is InChI=1S/C15H22N4O4/c1-11-13(17-23-16-11)9-14(20)19-4-2-3-12(10-19)15(21)18-5-7-22-8-6-18/h12H,2-10H2,1H3/t12-/m1/s1. The summed E-state index contributed by atoms with van der Waals surface area (Å²) in [5.74, 6) is 0.00990. The second-order valence-electron chi connectivity index (χ2n) is 6.09. The zero-order chi connectivity index (χ0) is 16.2. The second kappa shape index (κ2) is 7.08. The number of amides is 2. The molecule has 2 saturated heterocycles. The normalized spacial score (nSPS) is 22.2. The number of ether oxygens (including phenoxy) is 1. The van der Waals surface area contributed by atoms with Crippen LogP contribution in [0.15, 0.2) is 4.63 Å². The molecule has 1 aromatic heterocycles. The van der Waals surface area contributed by atoms with E-state index in [0.717, 1.165) is 12.8 Å². The average Bonchev–Trinajstić information content (AvgIpc) is 3.00. The van der Waals surface area contributed by atoms with Gasteiger partial charge in [0.2, 0.25) is 11.8 Å². The van der Waals surface area contributed by atoms with Crippen LogP contribution in [0.25, 0.3) is 0 Å². The number of rotatable bonds is 3. The lowest BCUT2D eigenvalue weighted by atomic mass is 9.96. The Balaban J connectivity index is 1.58. The van der Waals surface area contributed by atoms with Crippen LogP contribution in [0.1, 0.15) is 24.2 Å². The van der Waals surface area contributed by atoms with Gasteiger partial charge in [0, 0.05) is 26.2 Å².